The van der Waals surface area contributed by atoms with Crippen molar-refractivity contribution in [2.24, 2.45) is 17.8 Å². The van der Waals surface area contributed by atoms with Gasteiger partial charge in [0.25, 0.3) is 0 Å². The van der Waals surface area contributed by atoms with Gasteiger partial charge in [-0.1, -0.05) is 13.0 Å². The fourth-order valence-electron chi connectivity index (χ4n) is 6.90. The fourth-order valence-corrected chi connectivity index (χ4v) is 7.17. The Kier molecular flexibility index (Phi) is 10.6. The summed E-state index contributed by atoms with van der Waals surface area (Å²) >= 11 is 4.36. The largest absolute Gasteiger partial charge is 0.481 e. The van der Waals surface area contributed by atoms with Crippen LogP contribution < -0.4 is 16.0 Å². The van der Waals surface area contributed by atoms with E-state index in [2.05, 4.69) is 40.1 Å². The smallest absolute Gasteiger partial charge is 0.306 e. The second-order valence-electron chi connectivity index (χ2n) is 12.6. The summed E-state index contributed by atoms with van der Waals surface area (Å²) < 4.78 is 0. The lowest BCUT2D eigenvalue weighted by Crippen LogP contribution is -2.46. The van der Waals surface area contributed by atoms with Crippen molar-refractivity contribution in [3.8, 4) is 0 Å². The molecule has 3 aliphatic rings. The molecule has 250 valence electrons. The second-order valence-corrected chi connectivity index (χ2v) is 13.1. The number of aromatic amines is 1. The van der Waals surface area contributed by atoms with Gasteiger partial charge in [-0.3, -0.25) is 19.2 Å². The normalized spacial score (nSPS) is 30.1. The van der Waals surface area contributed by atoms with Gasteiger partial charge in [0.2, 0.25) is 11.8 Å². The molecule has 0 saturated carbocycles. The topological polar surface area (TPSA) is 201 Å². The van der Waals surface area contributed by atoms with Crippen molar-refractivity contribution in [3.63, 3.8) is 0 Å². The van der Waals surface area contributed by atoms with Crippen LogP contribution in [0.5, 0.6) is 0 Å². The maximum absolute atomic E-state index is 12.5. The summed E-state index contributed by atoms with van der Waals surface area (Å²) in [5, 5.41) is 50.4. The first-order valence-electron chi connectivity index (χ1n) is 15.4. The number of carbonyl (C=O) groups excluding carboxylic acids is 2. The molecule has 7 atom stereocenters. The number of aliphatic carboxylic acids is 2. The van der Waals surface area contributed by atoms with E-state index in [1.807, 2.05) is 19.9 Å². The van der Waals surface area contributed by atoms with E-state index < -0.39 is 48.1 Å². The van der Waals surface area contributed by atoms with E-state index in [4.69, 9.17) is 0 Å². The molecule has 0 spiro atoms. The zero-order chi connectivity index (χ0) is 34.1. The van der Waals surface area contributed by atoms with Gasteiger partial charge in [0.1, 0.15) is 0 Å². The van der Waals surface area contributed by atoms with Crippen molar-refractivity contribution in [3.05, 3.63) is 57.7 Å². The lowest BCUT2D eigenvalue weighted by atomic mass is 9.83. The van der Waals surface area contributed by atoms with Gasteiger partial charge in [0.05, 0.1) is 30.1 Å². The van der Waals surface area contributed by atoms with Gasteiger partial charge in [-0.2, -0.15) is 12.6 Å². The molecule has 2 saturated heterocycles. The number of carboxylic acids is 2. The van der Waals surface area contributed by atoms with Crippen molar-refractivity contribution >= 4 is 48.5 Å². The standard InChI is InChI=1S/C33H44N4O8S/c1-6-20-32(44)37-27(33(20,5)45)13-22-17(4)30(26(38)14-29(41)42)25(35-22)12-23-18(7-8-28(39)40)15(2)21(34-23)11-24-19(9-10-46)16(3)31(43)36-24/h6,11-12,16,19-20,22,26-27,34-35,38,45-46H,1,7-10,13-14H2,2-5H3,(H,36,43)(H,37,44)(H,39,40)(H,41,42)/b24-11-,25-12-/t16-,19-,20?,22?,26+,27-,33+/m1/s1. The van der Waals surface area contributed by atoms with E-state index in [1.165, 1.54) is 6.08 Å². The Labute approximate surface area is 273 Å². The number of aliphatic hydroxyl groups is 2. The van der Waals surface area contributed by atoms with Gasteiger partial charge in [-0.15, -0.1) is 6.58 Å². The molecule has 0 aromatic carbocycles. The average Bonchev–Trinajstić information content (AvgIpc) is 3.59. The van der Waals surface area contributed by atoms with Crippen molar-refractivity contribution < 1.29 is 39.6 Å². The summed E-state index contributed by atoms with van der Waals surface area (Å²) in [7, 11) is 0. The van der Waals surface area contributed by atoms with Crippen LogP contribution in [0.15, 0.2) is 35.2 Å². The van der Waals surface area contributed by atoms with Gasteiger partial charge in [-0.05, 0) is 74.6 Å². The number of aliphatic hydroxyl groups excluding tert-OH is 1. The van der Waals surface area contributed by atoms with Gasteiger partial charge < -0.3 is 41.4 Å². The first-order valence-corrected chi connectivity index (χ1v) is 16.0. The molecule has 2 unspecified atom stereocenters. The molecule has 2 amide bonds. The number of nitrogens with one attached hydrogen (secondary N) is 4. The van der Waals surface area contributed by atoms with Crippen LogP contribution in [-0.4, -0.2) is 78.7 Å². The van der Waals surface area contributed by atoms with Crippen LogP contribution in [0, 0.1) is 24.7 Å². The van der Waals surface area contributed by atoms with Gasteiger partial charge in [0, 0.05) is 52.7 Å². The Morgan fingerprint density at radius 1 is 1.09 bits per heavy atom. The number of hydrogen-bond acceptors (Lipinski definition) is 8. The Morgan fingerprint density at radius 2 is 1.78 bits per heavy atom. The third kappa shape index (κ3) is 6.96. The van der Waals surface area contributed by atoms with Crippen molar-refractivity contribution in [1.82, 2.24) is 20.9 Å². The minimum atomic E-state index is -1.42. The zero-order valence-electron chi connectivity index (χ0n) is 26.5. The molecule has 12 nitrogen and oxygen atoms in total. The van der Waals surface area contributed by atoms with Gasteiger partial charge in [0.15, 0.2) is 0 Å². The number of aromatic nitrogens is 1. The van der Waals surface area contributed by atoms with Gasteiger partial charge >= 0.3 is 11.9 Å². The molecule has 4 rings (SSSR count). The highest BCUT2D eigenvalue weighted by atomic mass is 32.1. The highest BCUT2D eigenvalue weighted by Gasteiger charge is 2.50. The SMILES string of the molecule is C=CC1C(=O)N[C@H](CC2N/C(=C\c3[nH]c(/C=C4\NC(=O)[C@H](C)[C@H]4CCS)c(C)c3CCC(=O)O)C([C@@H](O)CC(=O)O)=C2C)[C@@]1(C)O. The van der Waals surface area contributed by atoms with Crippen LogP contribution >= 0.6 is 12.6 Å². The molecular weight excluding hydrogens is 612 g/mol. The second kappa shape index (κ2) is 13.9. The molecule has 0 bridgehead atoms. The maximum atomic E-state index is 12.5. The predicted molar refractivity (Wildman–Crippen MR) is 175 cm³/mol. The van der Waals surface area contributed by atoms with E-state index in [-0.39, 0.29) is 42.9 Å². The summed E-state index contributed by atoms with van der Waals surface area (Å²) in [6.07, 6.45) is 4.09. The summed E-state index contributed by atoms with van der Waals surface area (Å²) in [5.41, 5.74) is 3.56. The predicted octanol–water partition coefficient (Wildman–Crippen LogP) is 2.29. The number of carbonyl (C=O) groups is 4. The van der Waals surface area contributed by atoms with E-state index in [1.54, 1.807) is 19.9 Å². The number of H-pyrrole nitrogens is 1. The van der Waals surface area contributed by atoms with Crippen molar-refractivity contribution in [2.75, 3.05) is 5.75 Å². The van der Waals surface area contributed by atoms with E-state index in [0.29, 0.717) is 40.4 Å². The van der Waals surface area contributed by atoms with E-state index in [0.717, 1.165) is 16.8 Å². The first-order chi connectivity index (χ1) is 21.6. The molecule has 3 aliphatic heterocycles. The molecule has 8 N–H and O–H groups in total. The molecule has 4 heterocycles. The number of amides is 2. The number of hydrogen-bond donors (Lipinski definition) is 9. The monoisotopic (exact) mass is 656 g/mol. The minimum Gasteiger partial charge on any atom is -0.481 e. The molecule has 0 aliphatic carbocycles. The van der Waals surface area contributed by atoms with Crippen LogP contribution in [0.2, 0.25) is 0 Å². The van der Waals surface area contributed by atoms with Crippen LogP contribution in [0.25, 0.3) is 12.2 Å². The fraction of sp³-hybridized carbons (Fsp3) is 0.515. The summed E-state index contributed by atoms with van der Waals surface area (Å²) in [4.78, 5) is 51.6. The third-order valence-corrected chi connectivity index (χ3v) is 9.92. The Bertz CT molecular complexity index is 1520. The summed E-state index contributed by atoms with van der Waals surface area (Å²) in [6, 6.07) is -1.12. The maximum Gasteiger partial charge on any atom is 0.306 e. The summed E-state index contributed by atoms with van der Waals surface area (Å²) in [5.74, 6) is -3.06. The number of carboxylic acid groups (broad SMARTS) is 2. The van der Waals surface area contributed by atoms with Crippen molar-refractivity contribution in [2.45, 2.75) is 83.6 Å². The number of allylic oxidation sites excluding steroid dienone is 1. The average molecular weight is 657 g/mol. The Balaban J connectivity index is 1.77. The van der Waals surface area contributed by atoms with Crippen LogP contribution in [0.1, 0.15) is 69.0 Å². The first kappa shape index (κ1) is 35.1. The quantitative estimate of drug-likeness (QED) is 0.113. The lowest BCUT2D eigenvalue weighted by Gasteiger charge is -2.30. The van der Waals surface area contributed by atoms with Gasteiger partial charge in [-0.25, -0.2) is 0 Å². The minimum absolute atomic E-state index is 0.0495. The molecular formula is C33H44N4O8S. The van der Waals surface area contributed by atoms with Crippen LogP contribution in [0.4, 0.5) is 0 Å². The molecule has 13 heteroatoms. The number of thiol groups is 1. The zero-order valence-corrected chi connectivity index (χ0v) is 27.4. The molecule has 46 heavy (non-hydrogen) atoms. The lowest BCUT2D eigenvalue weighted by molar-refractivity contribution is -0.139. The third-order valence-electron chi connectivity index (χ3n) is 9.66. The van der Waals surface area contributed by atoms with Crippen LogP contribution in [-0.2, 0) is 25.6 Å². The van der Waals surface area contributed by atoms with E-state index >= 15 is 0 Å². The highest BCUT2D eigenvalue weighted by molar-refractivity contribution is 7.80. The van der Waals surface area contributed by atoms with Crippen LogP contribution in [0.3, 0.4) is 0 Å². The highest BCUT2D eigenvalue weighted by Crippen LogP contribution is 2.38. The Morgan fingerprint density at radius 3 is 2.37 bits per heavy atom. The van der Waals surface area contributed by atoms with Crippen molar-refractivity contribution in [1.29, 1.82) is 0 Å². The molecule has 2 fully saturated rings. The molecule has 0 radical (unpaired) electrons. The number of rotatable bonds is 13. The summed E-state index contributed by atoms with van der Waals surface area (Å²) in [6.45, 7) is 10.7. The molecule has 1 aromatic heterocycles. The molecule has 1 aromatic rings. The van der Waals surface area contributed by atoms with E-state index in [9.17, 15) is 39.6 Å². The Hall–Kier alpha value is -3.81.